The Morgan fingerprint density at radius 2 is 2.11 bits per heavy atom. The SMILES string of the molecule is CC1(C(=O)N2CCCS(=O)(=O)CC2)COCC1N. The molecule has 2 rings (SSSR count). The number of hydrogen-bond donors (Lipinski definition) is 1. The van der Waals surface area contributed by atoms with E-state index in [9.17, 15) is 13.2 Å². The second kappa shape index (κ2) is 4.79. The first-order valence-corrected chi connectivity index (χ1v) is 8.00. The summed E-state index contributed by atoms with van der Waals surface area (Å²) in [7, 11) is -3.00. The zero-order valence-corrected chi connectivity index (χ0v) is 11.4. The molecular formula is C11H20N2O4S. The van der Waals surface area contributed by atoms with Crippen LogP contribution in [0.2, 0.25) is 0 Å². The van der Waals surface area contributed by atoms with Gasteiger partial charge in [0.25, 0.3) is 0 Å². The molecule has 0 aliphatic carbocycles. The Kier molecular flexibility index (Phi) is 3.66. The van der Waals surface area contributed by atoms with Crippen molar-refractivity contribution in [3.8, 4) is 0 Å². The van der Waals surface area contributed by atoms with Gasteiger partial charge in [0.1, 0.15) is 0 Å². The van der Waals surface area contributed by atoms with Gasteiger partial charge in [0, 0.05) is 19.1 Å². The molecule has 6 nitrogen and oxygen atoms in total. The number of amides is 1. The predicted octanol–water partition coefficient (Wildman–Crippen LogP) is -1.00. The van der Waals surface area contributed by atoms with Gasteiger partial charge in [-0.1, -0.05) is 0 Å². The van der Waals surface area contributed by atoms with Gasteiger partial charge in [-0.25, -0.2) is 8.42 Å². The highest BCUT2D eigenvalue weighted by Crippen LogP contribution is 2.30. The van der Waals surface area contributed by atoms with E-state index < -0.39 is 15.3 Å². The molecule has 2 aliphatic rings. The van der Waals surface area contributed by atoms with Crippen LogP contribution >= 0.6 is 0 Å². The first-order valence-electron chi connectivity index (χ1n) is 6.18. The van der Waals surface area contributed by atoms with Crippen LogP contribution in [0.4, 0.5) is 0 Å². The van der Waals surface area contributed by atoms with Crippen molar-refractivity contribution in [1.29, 1.82) is 0 Å². The molecule has 2 saturated heterocycles. The largest absolute Gasteiger partial charge is 0.379 e. The molecule has 2 fully saturated rings. The van der Waals surface area contributed by atoms with Crippen LogP contribution in [-0.4, -0.2) is 63.1 Å². The van der Waals surface area contributed by atoms with E-state index in [4.69, 9.17) is 10.5 Å². The summed E-state index contributed by atoms with van der Waals surface area (Å²) in [5, 5.41) is 0. The fourth-order valence-corrected chi connectivity index (χ4v) is 3.68. The van der Waals surface area contributed by atoms with Gasteiger partial charge in [0.15, 0.2) is 9.84 Å². The van der Waals surface area contributed by atoms with E-state index in [1.165, 1.54) is 0 Å². The van der Waals surface area contributed by atoms with Crippen molar-refractivity contribution in [2.45, 2.75) is 19.4 Å². The summed E-state index contributed by atoms with van der Waals surface area (Å²) in [6.45, 7) is 3.25. The maximum atomic E-state index is 12.5. The van der Waals surface area contributed by atoms with Crippen LogP contribution < -0.4 is 5.73 Å². The van der Waals surface area contributed by atoms with Crippen LogP contribution in [0.25, 0.3) is 0 Å². The van der Waals surface area contributed by atoms with E-state index in [0.717, 1.165) is 0 Å². The Bertz CT molecular complexity index is 436. The lowest BCUT2D eigenvalue weighted by molar-refractivity contribution is -0.141. The summed E-state index contributed by atoms with van der Waals surface area (Å²) < 4.78 is 28.3. The fourth-order valence-electron chi connectivity index (χ4n) is 2.41. The van der Waals surface area contributed by atoms with Crippen molar-refractivity contribution in [1.82, 2.24) is 4.90 Å². The van der Waals surface area contributed by atoms with E-state index in [-0.39, 0.29) is 30.0 Å². The minimum Gasteiger partial charge on any atom is -0.379 e. The van der Waals surface area contributed by atoms with E-state index in [2.05, 4.69) is 0 Å². The number of nitrogens with two attached hydrogens (primary N) is 1. The predicted molar refractivity (Wildman–Crippen MR) is 66.8 cm³/mol. The monoisotopic (exact) mass is 276 g/mol. The molecule has 7 heteroatoms. The Hall–Kier alpha value is -0.660. The molecule has 0 radical (unpaired) electrons. The average molecular weight is 276 g/mol. The number of carbonyl (C=O) groups excluding carboxylic acids is 1. The molecule has 1 amide bonds. The van der Waals surface area contributed by atoms with Gasteiger partial charge in [-0.15, -0.1) is 0 Å². The maximum absolute atomic E-state index is 12.5. The molecule has 0 aromatic heterocycles. The zero-order valence-electron chi connectivity index (χ0n) is 10.6. The molecule has 0 aromatic carbocycles. The van der Waals surface area contributed by atoms with Crippen molar-refractivity contribution >= 4 is 15.7 Å². The quantitative estimate of drug-likeness (QED) is 0.663. The summed E-state index contributed by atoms with van der Waals surface area (Å²) in [6, 6.07) is -0.315. The molecule has 0 spiro atoms. The van der Waals surface area contributed by atoms with Crippen molar-refractivity contribution in [3.63, 3.8) is 0 Å². The summed E-state index contributed by atoms with van der Waals surface area (Å²) >= 11 is 0. The second-order valence-corrected chi connectivity index (χ2v) is 7.64. The standard InChI is InChI=1S/C11H20N2O4S/c1-11(8-17-7-9(11)12)10(14)13-3-2-5-18(15,16)6-4-13/h9H,2-8,12H2,1H3. The van der Waals surface area contributed by atoms with E-state index in [1.807, 2.05) is 0 Å². The van der Waals surface area contributed by atoms with Crippen molar-refractivity contribution < 1.29 is 17.9 Å². The first kappa shape index (κ1) is 13.8. The molecule has 0 aromatic rings. The van der Waals surface area contributed by atoms with E-state index >= 15 is 0 Å². The van der Waals surface area contributed by atoms with E-state index in [1.54, 1.807) is 11.8 Å². The van der Waals surface area contributed by atoms with Crippen molar-refractivity contribution in [3.05, 3.63) is 0 Å². The second-order valence-electron chi connectivity index (χ2n) is 5.34. The summed E-state index contributed by atoms with van der Waals surface area (Å²) in [5.41, 5.74) is 5.21. The Morgan fingerprint density at radius 1 is 1.39 bits per heavy atom. The highest BCUT2D eigenvalue weighted by Gasteiger charge is 2.46. The average Bonchev–Trinajstić information content (AvgIpc) is 2.54. The highest BCUT2D eigenvalue weighted by molar-refractivity contribution is 7.91. The molecule has 104 valence electrons. The van der Waals surface area contributed by atoms with E-state index in [0.29, 0.717) is 26.2 Å². The summed E-state index contributed by atoms with van der Waals surface area (Å²) in [4.78, 5) is 14.1. The van der Waals surface area contributed by atoms with Gasteiger partial charge >= 0.3 is 0 Å². The molecule has 2 unspecified atom stereocenters. The van der Waals surface area contributed by atoms with Gasteiger partial charge in [-0.2, -0.15) is 0 Å². The highest BCUT2D eigenvalue weighted by atomic mass is 32.2. The Balaban J connectivity index is 2.10. The van der Waals surface area contributed by atoms with Crippen molar-refractivity contribution in [2.24, 2.45) is 11.1 Å². The first-order chi connectivity index (χ1) is 8.35. The Labute approximate surface area is 107 Å². The third-order valence-corrected chi connectivity index (χ3v) is 5.56. The molecule has 0 saturated carbocycles. The van der Waals surface area contributed by atoms with Gasteiger partial charge < -0.3 is 15.4 Å². The lowest BCUT2D eigenvalue weighted by Crippen LogP contribution is -2.52. The number of nitrogens with zero attached hydrogens (tertiary/aromatic N) is 1. The van der Waals surface area contributed by atoms with Crippen LogP contribution in [0.15, 0.2) is 0 Å². The molecule has 2 N–H and O–H groups in total. The minimum atomic E-state index is -3.00. The minimum absolute atomic E-state index is 0.0465. The third kappa shape index (κ3) is 2.53. The summed E-state index contributed by atoms with van der Waals surface area (Å²) in [5.74, 6) is 0.130. The molecule has 0 bridgehead atoms. The topological polar surface area (TPSA) is 89.7 Å². The molecule has 2 heterocycles. The van der Waals surface area contributed by atoms with Crippen LogP contribution in [0.1, 0.15) is 13.3 Å². The number of rotatable bonds is 1. The van der Waals surface area contributed by atoms with Crippen LogP contribution in [0.5, 0.6) is 0 Å². The van der Waals surface area contributed by atoms with Crippen molar-refractivity contribution in [2.75, 3.05) is 37.8 Å². The molecule has 18 heavy (non-hydrogen) atoms. The molecule has 2 aliphatic heterocycles. The summed E-state index contributed by atoms with van der Waals surface area (Å²) in [6.07, 6.45) is 0.500. The fraction of sp³-hybridized carbons (Fsp3) is 0.909. The molecular weight excluding hydrogens is 256 g/mol. The van der Waals surface area contributed by atoms with Crippen LogP contribution in [0.3, 0.4) is 0 Å². The number of carbonyl (C=O) groups is 1. The smallest absolute Gasteiger partial charge is 0.232 e. The third-order valence-electron chi connectivity index (χ3n) is 3.85. The molecule has 2 atom stereocenters. The maximum Gasteiger partial charge on any atom is 0.232 e. The van der Waals surface area contributed by atoms with Gasteiger partial charge in [0.2, 0.25) is 5.91 Å². The lowest BCUT2D eigenvalue weighted by atomic mass is 9.84. The zero-order chi connectivity index (χ0) is 13.4. The lowest BCUT2D eigenvalue weighted by Gasteiger charge is -2.32. The van der Waals surface area contributed by atoms with Gasteiger partial charge in [0.05, 0.1) is 30.1 Å². The van der Waals surface area contributed by atoms with Crippen LogP contribution in [0, 0.1) is 5.41 Å². The van der Waals surface area contributed by atoms with Gasteiger partial charge in [-0.05, 0) is 13.3 Å². The normalized spacial score (nSPS) is 36.3. The number of ether oxygens (including phenoxy) is 1. The number of sulfone groups is 1. The van der Waals surface area contributed by atoms with Crippen LogP contribution in [-0.2, 0) is 19.4 Å². The Morgan fingerprint density at radius 3 is 2.72 bits per heavy atom. The van der Waals surface area contributed by atoms with Gasteiger partial charge in [-0.3, -0.25) is 4.79 Å². The number of hydrogen-bond acceptors (Lipinski definition) is 5.